The third kappa shape index (κ3) is 3.16. The van der Waals surface area contributed by atoms with Crippen molar-refractivity contribution in [2.45, 2.75) is 19.5 Å². The third-order valence-electron chi connectivity index (χ3n) is 3.94. The number of nitrogens with zero attached hydrogens (tertiary/aromatic N) is 4. The lowest BCUT2D eigenvalue weighted by Crippen LogP contribution is -2.40. The fraction of sp³-hybridized carbons (Fsp3) is 0.467. The van der Waals surface area contributed by atoms with Crippen LogP contribution in [0.2, 0.25) is 0 Å². The van der Waals surface area contributed by atoms with Crippen LogP contribution >= 0.6 is 11.3 Å². The van der Waals surface area contributed by atoms with E-state index < -0.39 is 0 Å². The number of thiophene rings is 1. The van der Waals surface area contributed by atoms with E-state index in [0.29, 0.717) is 13.1 Å². The molecule has 21 heavy (non-hydrogen) atoms. The minimum atomic E-state index is 0.169. The van der Waals surface area contributed by atoms with Gasteiger partial charge in [-0.05, 0) is 11.4 Å². The second kappa shape index (κ2) is 5.99. The first-order valence-corrected chi connectivity index (χ1v) is 7.99. The topological polar surface area (TPSA) is 41.4 Å². The van der Waals surface area contributed by atoms with Crippen molar-refractivity contribution in [3.63, 3.8) is 0 Å². The molecule has 0 saturated carbocycles. The van der Waals surface area contributed by atoms with Gasteiger partial charge in [-0.2, -0.15) is 0 Å². The van der Waals surface area contributed by atoms with Crippen LogP contribution in [-0.2, 0) is 31.4 Å². The second-order valence-corrected chi connectivity index (χ2v) is 6.57. The summed E-state index contributed by atoms with van der Waals surface area (Å²) < 4.78 is 2.08. The molecule has 112 valence electrons. The van der Waals surface area contributed by atoms with Gasteiger partial charge in [-0.3, -0.25) is 9.69 Å². The monoisotopic (exact) mass is 304 g/mol. The SMILES string of the molecule is CN(Cc1cccs1)C(=O)CN1CCc2c(ncn2C)C1. The van der Waals surface area contributed by atoms with Crippen molar-refractivity contribution in [2.24, 2.45) is 7.05 Å². The number of imidazole rings is 1. The molecule has 3 heterocycles. The van der Waals surface area contributed by atoms with Crippen molar-refractivity contribution in [2.75, 3.05) is 20.1 Å². The first kappa shape index (κ1) is 14.3. The predicted molar refractivity (Wildman–Crippen MR) is 83.0 cm³/mol. The van der Waals surface area contributed by atoms with Crippen molar-refractivity contribution in [1.82, 2.24) is 19.4 Å². The molecule has 1 aliphatic rings. The largest absolute Gasteiger partial charge is 0.340 e. The van der Waals surface area contributed by atoms with E-state index in [1.165, 1.54) is 10.6 Å². The highest BCUT2D eigenvalue weighted by atomic mass is 32.1. The molecule has 5 nitrogen and oxygen atoms in total. The summed E-state index contributed by atoms with van der Waals surface area (Å²) in [6, 6.07) is 4.08. The molecule has 0 radical (unpaired) electrons. The molecule has 2 aromatic heterocycles. The third-order valence-corrected chi connectivity index (χ3v) is 4.80. The van der Waals surface area contributed by atoms with Gasteiger partial charge in [-0.1, -0.05) is 6.07 Å². The minimum Gasteiger partial charge on any atom is -0.340 e. The lowest BCUT2D eigenvalue weighted by atomic mass is 10.1. The number of likely N-dealkylation sites (N-methyl/N-ethyl adjacent to an activating group) is 1. The van der Waals surface area contributed by atoms with E-state index in [9.17, 15) is 4.79 Å². The first-order valence-electron chi connectivity index (χ1n) is 7.11. The van der Waals surface area contributed by atoms with Crippen LogP contribution in [0.15, 0.2) is 23.8 Å². The molecule has 0 aromatic carbocycles. The van der Waals surface area contributed by atoms with Gasteiger partial charge in [0.25, 0.3) is 0 Å². The van der Waals surface area contributed by atoms with Crippen LogP contribution in [-0.4, -0.2) is 45.4 Å². The molecule has 0 atom stereocenters. The van der Waals surface area contributed by atoms with E-state index >= 15 is 0 Å². The lowest BCUT2D eigenvalue weighted by molar-refractivity contribution is -0.131. The van der Waals surface area contributed by atoms with Gasteiger partial charge >= 0.3 is 0 Å². The quantitative estimate of drug-likeness (QED) is 0.859. The van der Waals surface area contributed by atoms with Crippen LogP contribution < -0.4 is 0 Å². The maximum Gasteiger partial charge on any atom is 0.236 e. The molecule has 0 N–H and O–H groups in total. The molecule has 1 aliphatic heterocycles. The molecule has 0 spiro atoms. The number of amides is 1. The Bertz CT molecular complexity index is 620. The van der Waals surface area contributed by atoms with Crippen LogP contribution in [0.1, 0.15) is 16.3 Å². The van der Waals surface area contributed by atoms with Crippen molar-refractivity contribution in [3.8, 4) is 0 Å². The highest BCUT2D eigenvalue weighted by molar-refractivity contribution is 7.09. The average molecular weight is 304 g/mol. The Kier molecular flexibility index (Phi) is 4.07. The first-order chi connectivity index (χ1) is 10.1. The van der Waals surface area contributed by atoms with E-state index in [1.807, 2.05) is 31.9 Å². The van der Waals surface area contributed by atoms with Crippen LogP contribution in [0.3, 0.4) is 0 Å². The summed E-state index contributed by atoms with van der Waals surface area (Å²) >= 11 is 1.69. The Labute approximate surface area is 128 Å². The summed E-state index contributed by atoms with van der Waals surface area (Å²) in [7, 11) is 3.90. The maximum atomic E-state index is 12.3. The van der Waals surface area contributed by atoms with Gasteiger partial charge in [0.05, 0.1) is 25.1 Å². The molecule has 6 heteroatoms. The zero-order chi connectivity index (χ0) is 14.8. The van der Waals surface area contributed by atoms with Gasteiger partial charge in [-0.25, -0.2) is 4.98 Å². The fourth-order valence-electron chi connectivity index (χ4n) is 2.68. The van der Waals surface area contributed by atoms with Gasteiger partial charge in [0.2, 0.25) is 5.91 Å². The fourth-order valence-corrected chi connectivity index (χ4v) is 3.44. The van der Waals surface area contributed by atoms with Crippen LogP contribution in [0.4, 0.5) is 0 Å². The summed E-state index contributed by atoms with van der Waals surface area (Å²) in [6.07, 6.45) is 2.83. The highest BCUT2D eigenvalue weighted by Gasteiger charge is 2.22. The van der Waals surface area contributed by atoms with Crippen LogP contribution in [0.5, 0.6) is 0 Å². The average Bonchev–Trinajstić information content (AvgIpc) is 3.09. The standard InChI is InChI=1S/C15H20N4OS/c1-17(8-12-4-3-7-21-12)15(20)10-19-6-5-14-13(9-19)16-11-18(14)2/h3-4,7,11H,5-6,8-10H2,1-2H3. The van der Waals surface area contributed by atoms with E-state index in [-0.39, 0.29) is 5.91 Å². The number of rotatable bonds is 4. The molecular weight excluding hydrogens is 284 g/mol. The van der Waals surface area contributed by atoms with Crippen molar-refractivity contribution < 1.29 is 4.79 Å². The zero-order valence-electron chi connectivity index (χ0n) is 12.5. The normalized spacial score (nSPS) is 15.0. The van der Waals surface area contributed by atoms with Crippen molar-refractivity contribution in [1.29, 1.82) is 0 Å². The van der Waals surface area contributed by atoms with Gasteiger partial charge in [0.15, 0.2) is 0 Å². The lowest BCUT2D eigenvalue weighted by Gasteiger charge is -2.28. The summed E-state index contributed by atoms with van der Waals surface area (Å²) in [5.41, 5.74) is 2.41. The minimum absolute atomic E-state index is 0.169. The Hall–Kier alpha value is -1.66. The maximum absolute atomic E-state index is 12.3. The van der Waals surface area contributed by atoms with Gasteiger partial charge in [0, 0.05) is 44.2 Å². The molecular formula is C15H20N4OS. The van der Waals surface area contributed by atoms with Gasteiger partial charge < -0.3 is 9.47 Å². The Morgan fingerprint density at radius 3 is 3.14 bits per heavy atom. The van der Waals surface area contributed by atoms with E-state index in [4.69, 9.17) is 0 Å². The summed E-state index contributed by atoms with van der Waals surface area (Å²) in [4.78, 5) is 21.9. The summed E-state index contributed by atoms with van der Waals surface area (Å²) in [6.45, 7) is 2.86. The van der Waals surface area contributed by atoms with Gasteiger partial charge in [-0.15, -0.1) is 11.3 Å². The zero-order valence-corrected chi connectivity index (χ0v) is 13.3. The molecule has 0 unspecified atom stereocenters. The highest BCUT2D eigenvalue weighted by Crippen LogP contribution is 2.17. The predicted octanol–water partition coefficient (Wildman–Crippen LogP) is 1.50. The molecule has 0 aliphatic carbocycles. The molecule has 3 rings (SSSR count). The van der Waals surface area contributed by atoms with Crippen LogP contribution in [0.25, 0.3) is 0 Å². The van der Waals surface area contributed by atoms with Crippen LogP contribution in [0, 0.1) is 0 Å². The van der Waals surface area contributed by atoms with E-state index in [0.717, 1.165) is 25.2 Å². The summed E-state index contributed by atoms with van der Waals surface area (Å²) in [5.74, 6) is 0.169. The van der Waals surface area contributed by atoms with Crippen molar-refractivity contribution in [3.05, 3.63) is 40.1 Å². The smallest absolute Gasteiger partial charge is 0.236 e. The van der Waals surface area contributed by atoms with Crippen molar-refractivity contribution >= 4 is 17.2 Å². The Morgan fingerprint density at radius 2 is 2.38 bits per heavy atom. The Morgan fingerprint density at radius 1 is 1.52 bits per heavy atom. The van der Waals surface area contributed by atoms with E-state index in [1.54, 1.807) is 16.2 Å². The summed E-state index contributed by atoms with van der Waals surface area (Å²) in [5, 5.41) is 2.04. The van der Waals surface area contributed by atoms with Gasteiger partial charge in [0.1, 0.15) is 0 Å². The number of aryl methyl sites for hydroxylation is 1. The number of hydrogen-bond acceptors (Lipinski definition) is 4. The number of carbonyl (C=O) groups is 1. The molecule has 0 saturated heterocycles. The molecule has 0 bridgehead atoms. The number of aromatic nitrogens is 2. The number of carbonyl (C=O) groups excluding carboxylic acids is 1. The second-order valence-electron chi connectivity index (χ2n) is 5.54. The Balaban J connectivity index is 1.56. The molecule has 0 fully saturated rings. The number of fused-ring (bicyclic) bond motifs is 1. The number of hydrogen-bond donors (Lipinski definition) is 0. The van der Waals surface area contributed by atoms with E-state index in [2.05, 4.69) is 20.5 Å². The molecule has 1 amide bonds. The molecule has 2 aromatic rings.